The molecule has 9 nitrogen and oxygen atoms in total. The Balaban J connectivity index is 1.39. The number of halogens is 2. The first-order valence-corrected chi connectivity index (χ1v) is 13.5. The van der Waals surface area contributed by atoms with Gasteiger partial charge in [0.25, 0.3) is 11.8 Å². The van der Waals surface area contributed by atoms with Crippen molar-refractivity contribution in [3.63, 3.8) is 0 Å². The number of carbonyl (C=O) groups is 4. The topological polar surface area (TPSA) is 128 Å². The summed E-state index contributed by atoms with van der Waals surface area (Å²) in [6, 6.07) is 9.72. The van der Waals surface area contributed by atoms with Gasteiger partial charge in [-0.15, -0.1) is 23.2 Å². The van der Waals surface area contributed by atoms with Crippen molar-refractivity contribution < 1.29 is 33.8 Å². The number of benzene rings is 1. The summed E-state index contributed by atoms with van der Waals surface area (Å²) in [4.78, 5) is 52.5. The number of nitrogens with zero attached hydrogens (tertiary/aromatic N) is 2. The highest BCUT2D eigenvalue weighted by molar-refractivity contribution is 6.53. The van der Waals surface area contributed by atoms with Crippen molar-refractivity contribution in [1.29, 1.82) is 0 Å². The van der Waals surface area contributed by atoms with E-state index in [1.165, 1.54) is 11.9 Å². The lowest BCUT2D eigenvalue weighted by molar-refractivity contribution is -0.141. The molecule has 6 rings (SSSR count). The lowest BCUT2D eigenvalue weighted by atomic mass is 9.57. The maximum atomic E-state index is 13.8. The van der Waals surface area contributed by atoms with Crippen LogP contribution in [0.2, 0.25) is 0 Å². The molecule has 1 aromatic heterocycles. The molecule has 1 saturated carbocycles. The molecular formula is C28H26Cl2N2O7. The van der Waals surface area contributed by atoms with E-state index in [1.54, 1.807) is 36.4 Å². The van der Waals surface area contributed by atoms with E-state index in [2.05, 4.69) is 0 Å². The van der Waals surface area contributed by atoms with Gasteiger partial charge in [0, 0.05) is 13.6 Å². The first-order chi connectivity index (χ1) is 18.5. The van der Waals surface area contributed by atoms with Gasteiger partial charge in [-0.1, -0.05) is 23.8 Å². The van der Waals surface area contributed by atoms with Crippen molar-refractivity contribution in [3.8, 4) is 5.75 Å². The van der Waals surface area contributed by atoms with Gasteiger partial charge in [-0.3, -0.25) is 29.0 Å². The smallest absolute Gasteiger partial charge is 0.253 e. The van der Waals surface area contributed by atoms with Gasteiger partial charge < -0.3 is 14.6 Å². The van der Waals surface area contributed by atoms with E-state index in [1.807, 2.05) is 6.08 Å². The number of allylic oxidation sites excluding steroid dienone is 2. The number of aliphatic hydroxyl groups excluding tert-OH is 1. The minimum absolute atomic E-state index is 0.0884. The Kier molecular flexibility index (Phi) is 5.98. The molecule has 3 heterocycles. The Labute approximate surface area is 233 Å². The molecule has 4 amide bonds. The zero-order valence-electron chi connectivity index (χ0n) is 21.0. The number of rotatable bonds is 5. The molecule has 39 heavy (non-hydrogen) atoms. The number of carbonyl (C=O) groups excluding carboxylic acids is 4. The number of fused-ring (bicyclic) bond motifs is 4. The summed E-state index contributed by atoms with van der Waals surface area (Å²) < 4.78 is 5.84. The number of furan rings is 1. The molecule has 0 unspecified atom stereocenters. The van der Waals surface area contributed by atoms with Gasteiger partial charge in [-0.2, -0.15) is 0 Å². The van der Waals surface area contributed by atoms with E-state index in [-0.39, 0.29) is 55.1 Å². The highest BCUT2D eigenvalue weighted by atomic mass is 35.5. The third-order valence-corrected chi connectivity index (χ3v) is 10.2. The predicted molar refractivity (Wildman–Crippen MR) is 139 cm³/mol. The number of hydrogen-bond acceptors (Lipinski definition) is 7. The van der Waals surface area contributed by atoms with E-state index < -0.39 is 45.2 Å². The molecule has 0 bridgehead atoms. The maximum absolute atomic E-state index is 13.8. The minimum Gasteiger partial charge on any atom is -0.508 e. The van der Waals surface area contributed by atoms with Gasteiger partial charge in [-0.25, -0.2) is 0 Å². The minimum atomic E-state index is -1.91. The molecule has 3 fully saturated rings. The van der Waals surface area contributed by atoms with E-state index >= 15 is 0 Å². The quantitative estimate of drug-likeness (QED) is 0.320. The monoisotopic (exact) mass is 572 g/mol. The van der Waals surface area contributed by atoms with Gasteiger partial charge in [0.05, 0.1) is 17.8 Å². The van der Waals surface area contributed by atoms with Crippen molar-refractivity contribution in [2.75, 3.05) is 13.6 Å². The molecule has 1 aromatic carbocycles. The van der Waals surface area contributed by atoms with E-state index in [0.29, 0.717) is 12.0 Å². The summed E-state index contributed by atoms with van der Waals surface area (Å²) in [6.45, 7) is -0.207. The van der Waals surface area contributed by atoms with Crippen LogP contribution in [0.5, 0.6) is 5.75 Å². The molecule has 6 atom stereocenters. The fourth-order valence-corrected chi connectivity index (χ4v) is 7.88. The molecule has 2 aliphatic heterocycles. The summed E-state index contributed by atoms with van der Waals surface area (Å²) in [5, 5.41) is 19.1. The van der Waals surface area contributed by atoms with Crippen LogP contribution in [-0.4, -0.2) is 67.0 Å². The lowest BCUT2D eigenvalue weighted by Gasteiger charge is -2.49. The van der Waals surface area contributed by atoms with Gasteiger partial charge in [-0.05, 0) is 55.0 Å². The van der Waals surface area contributed by atoms with Crippen molar-refractivity contribution in [2.45, 2.75) is 41.5 Å². The molecule has 11 heteroatoms. The Bertz CT molecular complexity index is 1440. The maximum Gasteiger partial charge on any atom is 0.253 e. The number of aliphatic hydroxyl groups is 1. The fraction of sp³-hybridized carbons (Fsp3) is 0.429. The number of imide groups is 2. The summed E-state index contributed by atoms with van der Waals surface area (Å²) in [5.74, 6) is -4.32. The lowest BCUT2D eigenvalue weighted by Crippen LogP contribution is -2.60. The number of hydrogen-bond donors (Lipinski definition) is 2. The highest BCUT2D eigenvalue weighted by Crippen LogP contribution is 2.65. The average molecular weight is 573 g/mol. The SMILES string of the molecule is CN1C(=O)[C@]2(Cl)C[C@@H]3C(=CC[C@@H]4C(=O)N(CCc5ccc(O)cc5)C(=O)[C@@H]43)[C@H](c3ccc(CO)o3)[C@]2(Cl)C1=O. The molecule has 204 valence electrons. The number of alkyl halides is 2. The Hall–Kier alpha value is -3.14. The molecule has 4 aliphatic rings. The fourth-order valence-electron chi connectivity index (χ4n) is 6.88. The molecular weight excluding hydrogens is 547 g/mol. The van der Waals surface area contributed by atoms with Crippen LogP contribution in [0.3, 0.4) is 0 Å². The second-order valence-corrected chi connectivity index (χ2v) is 11.9. The molecule has 0 spiro atoms. The van der Waals surface area contributed by atoms with Crippen LogP contribution in [0.15, 0.2) is 52.5 Å². The number of aromatic hydroxyl groups is 1. The average Bonchev–Trinajstić information content (AvgIpc) is 3.53. The predicted octanol–water partition coefficient (Wildman–Crippen LogP) is 2.71. The van der Waals surface area contributed by atoms with E-state index in [4.69, 9.17) is 27.6 Å². The van der Waals surface area contributed by atoms with E-state index in [0.717, 1.165) is 10.5 Å². The van der Waals surface area contributed by atoms with Gasteiger partial charge in [0.15, 0.2) is 9.75 Å². The van der Waals surface area contributed by atoms with Gasteiger partial charge >= 0.3 is 0 Å². The molecule has 0 radical (unpaired) electrons. The largest absolute Gasteiger partial charge is 0.508 e. The molecule has 2 N–H and O–H groups in total. The number of phenols is 1. The number of likely N-dealkylation sites (tertiary alicyclic amines) is 2. The van der Waals surface area contributed by atoms with Crippen LogP contribution in [0, 0.1) is 17.8 Å². The van der Waals surface area contributed by atoms with Crippen molar-refractivity contribution >= 4 is 46.8 Å². The Morgan fingerprint density at radius 1 is 1.00 bits per heavy atom. The Morgan fingerprint density at radius 3 is 2.38 bits per heavy atom. The second kappa shape index (κ2) is 8.94. The van der Waals surface area contributed by atoms with Crippen LogP contribution in [0.25, 0.3) is 0 Å². The number of amides is 4. The van der Waals surface area contributed by atoms with Crippen LogP contribution in [-0.2, 0) is 32.2 Å². The van der Waals surface area contributed by atoms with Crippen LogP contribution in [0.1, 0.15) is 35.8 Å². The zero-order valence-corrected chi connectivity index (χ0v) is 22.5. The molecule has 2 aromatic rings. The summed E-state index contributed by atoms with van der Waals surface area (Å²) >= 11 is 14.1. The van der Waals surface area contributed by atoms with Crippen LogP contribution < -0.4 is 0 Å². The molecule has 2 aliphatic carbocycles. The van der Waals surface area contributed by atoms with Crippen molar-refractivity contribution in [3.05, 3.63) is 65.1 Å². The van der Waals surface area contributed by atoms with Crippen molar-refractivity contribution in [1.82, 2.24) is 9.80 Å². The summed E-state index contributed by atoms with van der Waals surface area (Å²) in [7, 11) is 1.33. The van der Waals surface area contributed by atoms with Crippen molar-refractivity contribution in [2.24, 2.45) is 17.8 Å². The zero-order chi connectivity index (χ0) is 27.9. The molecule has 2 saturated heterocycles. The number of phenolic OH excluding ortho intramolecular Hbond substituents is 1. The van der Waals surface area contributed by atoms with Gasteiger partial charge in [0.2, 0.25) is 11.8 Å². The summed E-state index contributed by atoms with van der Waals surface area (Å²) in [6.07, 6.45) is 2.43. The highest BCUT2D eigenvalue weighted by Gasteiger charge is 2.76. The van der Waals surface area contributed by atoms with E-state index in [9.17, 15) is 29.4 Å². The van der Waals surface area contributed by atoms with Crippen LogP contribution >= 0.6 is 23.2 Å². The Morgan fingerprint density at radius 2 is 1.72 bits per heavy atom. The first-order valence-electron chi connectivity index (χ1n) is 12.8. The third-order valence-electron chi connectivity index (χ3n) is 8.79. The van der Waals surface area contributed by atoms with Crippen LogP contribution in [0.4, 0.5) is 0 Å². The summed E-state index contributed by atoms with van der Waals surface area (Å²) in [5.41, 5.74) is 1.50. The standard InChI is InChI=1S/C28H26Cl2N2O7/c1-31-25(37)27(29)12-19-17(22(28(27,30)26(31)38)20-9-6-16(13-33)39-20)7-8-18-21(19)24(36)32(23(18)35)11-10-14-2-4-15(34)5-3-14/h2-7,9,18-19,21-22,33-34H,8,10-13H2,1H3/t18-,19+,21-,22+,27+,28-/m0/s1. The van der Waals surface area contributed by atoms with Gasteiger partial charge in [0.1, 0.15) is 23.9 Å². The second-order valence-electron chi connectivity index (χ2n) is 10.7. The third kappa shape index (κ3) is 3.49. The normalized spacial score (nSPS) is 33.8. The first kappa shape index (κ1) is 26.1.